The van der Waals surface area contributed by atoms with Gasteiger partial charge in [0, 0.05) is 25.3 Å². The number of benzene rings is 1. The summed E-state index contributed by atoms with van der Waals surface area (Å²) in [5.74, 6) is 1.53. The lowest BCUT2D eigenvalue weighted by molar-refractivity contribution is -0.129. The molecule has 0 aliphatic carbocycles. The lowest BCUT2D eigenvalue weighted by atomic mass is 9.91. The molecule has 1 heterocycles. The summed E-state index contributed by atoms with van der Waals surface area (Å²) in [6.45, 7) is 4.19. The van der Waals surface area contributed by atoms with Crippen LogP contribution in [0.25, 0.3) is 0 Å². The van der Waals surface area contributed by atoms with Crippen LogP contribution in [0.1, 0.15) is 24.5 Å². The zero-order valence-electron chi connectivity index (χ0n) is 11.7. The lowest BCUT2D eigenvalue weighted by Crippen LogP contribution is -2.29. The Balaban J connectivity index is 2.32. The van der Waals surface area contributed by atoms with Gasteiger partial charge in [-0.15, -0.1) is 0 Å². The molecule has 1 aromatic rings. The summed E-state index contributed by atoms with van der Waals surface area (Å²) in [4.78, 5) is 13.5. The predicted molar refractivity (Wildman–Crippen MR) is 77.0 cm³/mol. The third kappa shape index (κ3) is 2.81. The molecule has 4 nitrogen and oxygen atoms in total. The van der Waals surface area contributed by atoms with Crippen molar-refractivity contribution in [2.24, 2.45) is 0 Å². The van der Waals surface area contributed by atoms with E-state index in [1.54, 1.807) is 19.0 Å². The number of aryl methyl sites for hydroxylation is 1. The minimum absolute atomic E-state index is 0.0505. The average molecular weight is 281 g/mol. The maximum Gasteiger partial charge on any atom is 0.231 e. The Hall–Kier alpha value is -1.36. The first-order chi connectivity index (χ1) is 8.81. The van der Waals surface area contributed by atoms with Gasteiger partial charge < -0.3 is 14.4 Å². The van der Waals surface area contributed by atoms with Crippen LogP contribution in [0.2, 0.25) is 0 Å². The van der Waals surface area contributed by atoms with Crippen molar-refractivity contribution >= 4 is 18.5 Å². The molecule has 0 saturated heterocycles. The lowest BCUT2D eigenvalue weighted by Gasteiger charge is -2.27. The Morgan fingerprint density at radius 3 is 2.53 bits per heavy atom. The summed E-state index contributed by atoms with van der Waals surface area (Å²) < 4.78 is 10.2. The Morgan fingerprint density at radius 2 is 1.95 bits per heavy atom. The second-order valence-electron chi connectivity index (χ2n) is 5.26. The van der Waals surface area contributed by atoms with Crippen LogP contribution in [-0.4, -0.2) is 31.7 Å². The van der Waals surface area contributed by atoms with Gasteiger partial charge in [0.2, 0.25) is 12.7 Å². The van der Waals surface area contributed by atoms with Crippen molar-refractivity contribution in [2.45, 2.75) is 25.0 Å². The van der Waals surface area contributed by atoms with Gasteiger partial charge in [-0.2, -0.15) is 12.6 Å². The van der Waals surface area contributed by atoms with E-state index in [0.717, 1.165) is 22.6 Å². The number of hydrogen-bond acceptors (Lipinski definition) is 4. The maximum atomic E-state index is 11.9. The van der Waals surface area contributed by atoms with Crippen LogP contribution in [0.3, 0.4) is 0 Å². The summed E-state index contributed by atoms with van der Waals surface area (Å²) >= 11 is 4.68. The first-order valence-corrected chi connectivity index (χ1v) is 6.59. The van der Waals surface area contributed by atoms with Crippen molar-refractivity contribution in [3.63, 3.8) is 0 Å². The third-order valence-corrected chi connectivity index (χ3v) is 3.69. The SMILES string of the molecule is Cc1cc2c(cc1C(C)(S)CC(=O)N(C)C)OCO2. The third-order valence-electron chi connectivity index (χ3n) is 3.29. The molecule has 1 aromatic carbocycles. The zero-order valence-corrected chi connectivity index (χ0v) is 12.6. The topological polar surface area (TPSA) is 38.8 Å². The molecular weight excluding hydrogens is 262 g/mol. The smallest absolute Gasteiger partial charge is 0.231 e. The van der Waals surface area contributed by atoms with Gasteiger partial charge in [0.15, 0.2) is 11.5 Å². The number of rotatable bonds is 3. The molecule has 0 fully saturated rings. The number of ether oxygens (including phenoxy) is 2. The molecule has 0 spiro atoms. The molecule has 1 amide bonds. The zero-order chi connectivity index (χ0) is 14.2. The molecule has 5 heteroatoms. The van der Waals surface area contributed by atoms with Gasteiger partial charge >= 0.3 is 0 Å². The van der Waals surface area contributed by atoms with Crippen LogP contribution in [0, 0.1) is 6.92 Å². The van der Waals surface area contributed by atoms with Gasteiger partial charge in [-0.25, -0.2) is 0 Å². The Morgan fingerprint density at radius 1 is 1.37 bits per heavy atom. The minimum atomic E-state index is -0.535. The highest BCUT2D eigenvalue weighted by atomic mass is 32.1. The molecule has 0 radical (unpaired) electrons. The summed E-state index contributed by atoms with van der Waals surface area (Å²) in [6.07, 6.45) is 0.337. The number of carbonyl (C=O) groups is 1. The van der Waals surface area contributed by atoms with E-state index in [2.05, 4.69) is 12.6 Å². The standard InChI is InChI=1S/C14H19NO3S/c1-9-5-11-12(18-8-17-11)6-10(9)14(2,19)7-13(16)15(3)4/h5-6,19H,7-8H2,1-4H3. The first kappa shape index (κ1) is 14.1. The summed E-state index contributed by atoms with van der Waals surface area (Å²) in [5, 5.41) is 0. The normalized spacial score (nSPS) is 16.1. The fourth-order valence-corrected chi connectivity index (χ4v) is 2.55. The van der Waals surface area contributed by atoms with Crippen LogP contribution in [-0.2, 0) is 9.54 Å². The van der Waals surface area contributed by atoms with Crippen molar-refractivity contribution in [3.8, 4) is 11.5 Å². The molecule has 0 saturated carbocycles. The fraction of sp³-hybridized carbons (Fsp3) is 0.500. The highest BCUT2D eigenvalue weighted by Crippen LogP contribution is 2.41. The predicted octanol–water partition coefficient (Wildman–Crippen LogP) is 2.35. The number of nitrogens with zero attached hydrogens (tertiary/aromatic N) is 1. The number of amides is 1. The van der Waals surface area contributed by atoms with Gasteiger partial charge in [-0.1, -0.05) is 0 Å². The molecule has 19 heavy (non-hydrogen) atoms. The van der Waals surface area contributed by atoms with Crippen molar-refractivity contribution in [3.05, 3.63) is 23.3 Å². The molecular formula is C14H19NO3S. The number of thiol groups is 1. The molecule has 1 atom stereocenters. The molecule has 0 bridgehead atoms. The molecule has 1 aliphatic rings. The van der Waals surface area contributed by atoms with E-state index in [1.807, 2.05) is 26.0 Å². The molecule has 104 valence electrons. The minimum Gasteiger partial charge on any atom is -0.454 e. The van der Waals surface area contributed by atoms with Crippen molar-refractivity contribution in [1.29, 1.82) is 0 Å². The van der Waals surface area contributed by atoms with Crippen LogP contribution < -0.4 is 9.47 Å². The van der Waals surface area contributed by atoms with Gasteiger partial charge in [-0.05, 0) is 37.1 Å². The van der Waals surface area contributed by atoms with E-state index in [-0.39, 0.29) is 12.7 Å². The molecule has 0 N–H and O–H groups in total. The maximum absolute atomic E-state index is 11.9. The summed E-state index contributed by atoms with van der Waals surface area (Å²) in [7, 11) is 3.50. The molecule has 1 unspecified atom stereocenters. The van der Waals surface area contributed by atoms with Crippen LogP contribution in [0.5, 0.6) is 11.5 Å². The van der Waals surface area contributed by atoms with Gasteiger partial charge in [-0.3, -0.25) is 4.79 Å². The van der Waals surface area contributed by atoms with Gasteiger partial charge in [0.25, 0.3) is 0 Å². The van der Waals surface area contributed by atoms with Crippen molar-refractivity contribution < 1.29 is 14.3 Å². The first-order valence-electron chi connectivity index (χ1n) is 6.14. The van der Waals surface area contributed by atoms with Gasteiger partial charge in [0.1, 0.15) is 0 Å². The number of fused-ring (bicyclic) bond motifs is 1. The second-order valence-corrected chi connectivity index (χ2v) is 6.25. The van der Waals surface area contributed by atoms with Gasteiger partial charge in [0.05, 0.1) is 0 Å². The van der Waals surface area contributed by atoms with Crippen molar-refractivity contribution in [2.75, 3.05) is 20.9 Å². The Bertz CT molecular complexity index is 512. The largest absolute Gasteiger partial charge is 0.454 e. The van der Waals surface area contributed by atoms with E-state index in [9.17, 15) is 4.79 Å². The van der Waals surface area contributed by atoms with E-state index in [1.165, 1.54) is 0 Å². The Kier molecular flexibility index (Phi) is 3.67. The Labute approximate surface area is 119 Å². The van der Waals surface area contributed by atoms with Crippen LogP contribution in [0.15, 0.2) is 12.1 Å². The number of hydrogen-bond donors (Lipinski definition) is 1. The molecule has 0 aromatic heterocycles. The summed E-state index contributed by atoms with van der Waals surface area (Å²) in [6, 6.07) is 3.86. The second kappa shape index (κ2) is 4.96. The van der Waals surface area contributed by atoms with Crippen molar-refractivity contribution in [1.82, 2.24) is 4.90 Å². The highest BCUT2D eigenvalue weighted by Gasteiger charge is 2.30. The summed E-state index contributed by atoms with van der Waals surface area (Å²) in [5.41, 5.74) is 2.04. The van der Waals surface area contributed by atoms with Crippen LogP contribution >= 0.6 is 12.6 Å². The fourth-order valence-electron chi connectivity index (χ4n) is 2.17. The molecule has 2 rings (SSSR count). The van der Waals surface area contributed by atoms with E-state index >= 15 is 0 Å². The molecule has 1 aliphatic heterocycles. The quantitative estimate of drug-likeness (QED) is 0.864. The van der Waals surface area contributed by atoms with E-state index < -0.39 is 4.75 Å². The highest BCUT2D eigenvalue weighted by molar-refractivity contribution is 7.81. The average Bonchev–Trinajstić information content (AvgIpc) is 2.73. The van der Waals surface area contributed by atoms with Crippen LogP contribution in [0.4, 0.5) is 0 Å². The van der Waals surface area contributed by atoms with E-state index in [4.69, 9.17) is 9.47 Å². The monoisotopic (exact) mass is 281 g/mol. The van der Waals surface area contributed by atoms with E-state index in [0.29, 0.717) is 6.42 Å². The number of carbonyl (C=O) groups excluding carboxylic acids is 1.